The van der Waals surface area contributed by atoms with Crippen molar-refractivity contribution in [3.05, 3.63) is 97.0 Å². The van der Waals surface area contributed by atoms with Crippen LogP contribution in [0.15, 0.2) is 69.0 Å². The molecule has 3 aromatic carbocycles. The van der Waals surface area contributed by atoms with Gasteiger partial charge in [-0.25, -0.2) is 9.78 Å². The number of aromatic carboxylic acids is 1. The molecule has 0 atom stereocenters. The minimum atomic E-state index is -0.993. The maximum atomic E-state index is 13.6. The number of hydrogen-bond acceptors (Lipinski definition) is 6. The van der Waals surface area contributed by atoms with Gasteiger partial charge in [-0.15, -0.1) is 0 Å². The van der Waals surface area contributed by atoms with Gasteiger partial charge in [-0.2, -0.15) is 9.78 Å². The monoisotopic (exact) mass is 637 g/mol. The summed E-state index contributed by atoms with van der Waals surface area (Å²) in [6.45, 7) is 2.38. The Bertz CT molecular complexity index is 1660. The van der Waals surface area contributed by atoms with Crippen molar-refractivity contribution >= 4 is 50.6 Å². The van der Waals surface area contributed by atoms with E-state index in [1.54, 1.807) is 30.5 Å². The number of benzene rings is 3. The molecule has 4 aromatic rings. The van der Waals surface area contributed by atoms with Crippen molar-refractivity contribution in [2.75, 3.05) is 6.61 Å². The number of halogens is 2. The molecule has 0 aliphatic heterocycles. The van der Waals surface area contributed by atoms with Crippen molar-refractivity contribution in [2.45, 2.75) is 51.6 Å². The Morgan fingerprint density at radius 1 is 1.15 bits per heavy atom. The van der Waals surface area contributed by atoms with Crippen molar-refractivity contribution in [1.29, 1.82) is 0 Å². The van der Waals surface area contributed by atoms with Crippen LogP contribution in [0.5, 0.6) is 11.5 Å². The van der Waals surface area contributed by atoms with Gasteiger partial charge >= 0.3 is 5.97 Å². The average Bonchev–Trinajstić information content (AvgIpc) is 2.99. The Balaban J connectivity index is 1.50. The van der Waals surface area contributed by atoms with Crippen molar-refractivity contribution < 1.29 is 19.4 Å². The van der Waals surface area contributed by atoms with E-state index < -0.39 is 5.97 Å². The molecule has 8 nitrogen and oxygen atoms in total. The van der Waals surface area contributed by atoms with Gasteiger partial charge in [0, 0.05) is 16.0 Å². The van der Waals surface area contributed by atoms with Crippen molar-refractivity contribution in [2.24, 2.45) is 5.10 Å². The zero-order valence-corrected chi connectivity index (χ0v) is 24.8. The first-order chi connectivity index (χ1) is 19.9. The summed E-state index contributed by atoms with van der Waals surface area (Å²) in [5.41, 5.74) is 2.03. The fraction of sp³-hybridized carbons (Fsp3) is 0.290. The molecule has 1 fully saturated rings. The first-order valence-electron chi connectivity index (χ1n) is 13.5. The molecule has 1 aliphatic carbocycles. The van der Waals surface area contributed by atoms with Crippen LogP contribution in [0.25, 0.3) is 10.9 Å². The SMILES string of the molecule is CCOc1cc(C=Nn2c(C3CCCCC3)nc3ccccc3c2=O)c(Br)c(Cl)c1OCc1ccc(C(=O)O)cc1. The molecule has 212 valence electrons. The summed E-state index contributed by atoms with van der Waals surface area (Å²) in [6, 6.07) is 15.5. The molecular formula is C31H29BrClN3O5. The lowest BCUT2D eigenvalue weighted by Crippen LogP contribution is -2.25. The minimum absolute atomic E-state index is 0.155. The maximum absolute atomic E-state index is 13.6. The molecule has 1 heterocycles. The number of carboxylic acid groups (broad SMARTS) is 1. The highest BCUT2D eigenvalue weighted by Gasteiger charge is 2.23. The van der Waals surface area contributed by atoms with Crippen LogP contribution in [0.1, 0.15) is 72.3 Å². The molecule has 1 N–H and O–H groups in total. The number of carbonyl (C=O) groups is 1. The standard InChI is InChI=1S/C31H29BrClN3O5/c1-2-40-25-16-22(26(32)27(33)28(25)41-18-19-12-14-21(15-13-19)31(38)39)17-34-36-29(20-8-4-3-5-9-20)35-24-11-7-6-10-23(24)30(36)37/h6-7,10-17,20H,2-5,8-9,18H2,1H3,(H,38,39). The fourth-order valence-electron chi connectivity index (χ4n) is 4.99. The smallest absolute Gasteiger partial charge is 0.335 e. The van der Waals surface area contributed by atoms with E-state index in [1.165, 1.54) is 23.2 Å². The van der Waals surface area contributed by atoms with Crippen molar-refractivity contribution in [3.63, 3.8) is 0 Å². The quantitative estimate of drug-likeness (QED) is 0.192. The van der Waals surface area contributed by atoms with Gasteiger partial charge < -0.3 is 14.6 Å². The summed E-state index contributed by atoms with van der Waals surface area (Å²) >= 11 is 10.3. The average molecular weight is 639 g/mol. The fourth-order valence-corrected chi connectivity index (χ4v) is 5.65. The number of aromatic nitrogens is 2. The molecule has 0 unspecified atom stereocenters. The van der Waals surface area contributed by atoms with E-state index in [2.05, 4.69) is 21.0 Å². The molecular weight excluding hydrogens is 610 g/mol. The number of ether oxygens (including phenoxy) is 2. The third kappa shape index (κ3) is 6.31. The largest absolute Gasteiger partial charge is 0.490 e. The Labute approximate surface area is 250 Å². The molecule has 1 aliphatic rings. The summed E-state index contributed by atoms with van der Waals surface area (Å²) in [7, 11) is 0. The lowest BCUT2D eigenvalue weighted by Gasteiger charge is -2.22. The van der Waals surface area contributed by atoms with E-state index in [0.717, 1.165) is 31.2 Å². The minimum Gasteiger partial charge on any atom is -0.490 e. The van der Waals surface area contributed by atoms with Gasteiger partial charge in [0.1, 0.15) is 17.5 Å². The van der Waals surface area contributed by atoms with Crippen molar-refractivity contribution in [3.8, 4) is 11.5 Å². The van der Waals surface area contributed by atoms with Gasteiger partial charge in [-0.3, -0.25) is 4.79 Å². The summed E-state index contributed by atoms with van der Waals surface area (Å²) in [4.78, 5) is 29.6. The molecule has 0 saturated heterocycles. The number of hydrogen-bond donors (Lipinski definition) is 1. The molecule has 0 amide bonds. The maximum Gasteiger partial charge on any atom is 0.335 e. The van der Waals surface area contributed by atoms with Crippen LogP contribution in [0.4, 0.5) is 0 Å². The zero-order valence-electron chi connectivity index (χ0n) is 22.5. The summed E-state index contributed by atoms with van der Waals surface area (Å²) < 4.78 is 13.8. The predicted molar refractivity (Wildman–Crippen MR) is 163 cm³/mol. The highest BCUT2D eigenvalue weighted by Crippen LogP contribution is 2.43. The van der Waals surface area contributed by atoms with E-state index in [9.17, 15) is 9.59 Å². The topological polar surface area (TPSA) is 103 Å². The van der Waals surface area contributed by atoms with E-state index in [4.69, 9.17) is 31.2 Å². The van der Waals surface area contributed by atoms with E-state index >= 15 is 0 Å². The number of para-hydroxylation sites is 1. The Kier molecular flexibility index (Phi) is 9.05. The highest BCUT2D eigenvalue weighted by molar-refractivity contribution is 9.10. The lowest BCUT2D eigenvalue weighted by atomic mass is 9.88. The van der Waals surface area contributed by atoms with Crippen molar-refractivity contribution in [1.82, 2.24) is 9.66 Å². The van der Waals surface area contributed by atoms with Gasteiger partial charge in [-0.1, -0.05) is 55.1 Å². The molecule has 1 saturated carbocycles. The predicted octanol–water partition coefficient (Wildman–Crippen LogP) is 7.42. The van der Waals surface area contributed by atoms with Crippen LogP contribution in [0, 0.1) is 0 Å². The normalized spacial score (nSPS) is 14.0. The number of fused-ring (bicyclic) bond motifs is 1. The second kappa shape index (κ2) is 12.9. The van der Waals surface area contributed by atoms with Gasteiger partial charge in [0.2, 0.25) is 0 Å². The molecule has 0 radical (unpaired) electrons. The second-order valence-electron chi connectivity index (χ2n) is 9.83. The van der Waals surface area contributed by atoms with Crippen LogP contribution in [-0.4, -0.2) is 33.6 Å². The molecule has 41 heavy (non-hydrogen) atoms. The summed E-state index contributed by atoms with van der Waals surface area (Å²) in [5.74, 6) is 0.594. The van der Waals surface area contributed by atoms with E-state index in [1.807, 2.05) is 25.1 Å². The molecule has 0 bridgehead atoms. The summed E-state index contributed by atoms with van der Waals surface area (Å²) in [5, 5.41) is 14.6. The molecule has 0 spiro atoms. The van der Waals surface area contributed by atoms with Crippen LogP contribution >= 0.6 is 27.5 Å². The van der Waals surface area contributed by atoms with Gasteiger partial charge in [-0.05, 0) is 71.6 Å². The lowest BCUT2D eigenvalue weighted by molar-refractivity contribution is 0.0697. The highest BCUT2D eigenvalue weighted by atomic mass is 79.9. The number of nitrogens with zero attached hydrogens (tertiary/aromatic N) is 3. The van der Waals surface area contributed by atoms with Crippen LogP contribution in [-0.2, 0) is 6.61 Å². The zero-order chi connectivity index (χ0) is 28.9. The summed E-state index contributed by atoms with van der Waals surface area (Å²) in [6.07, 6.45) is 6.90. The van der Waals surface area contributed by atoms with E-state index in [0.29, 0.717) is 44.9 Å². The molecule has 1 aromatic heterocycles. The first kappa shape index (κ1) is 28.8. The molecule has 5 rings (SSSR count). The van der Waals surface area contributed by atoms with Crippen LogP contribution in [0.2, 0.25) is 5.02 Å². The third-order valence-corrected chi connectivity index (χ3v) is 8.54. The number of rotatable bonds is 9. The van der Waals surface area contributed by atoms with E-state index in [-0.39, 0.29) is 28.7 Å². The van der Waals surface area contributed by atoms with Gasteiger partial charge in [0.05, 0.1) is 29.3 Å². The first-order valence-corrected chi connectivity index (χ1v) is 14.7. The molecule has 10 heteroatoms. The Hall–Kier alpha value is -3.69. The van der Waals surface area contributed by atoms with Crippen LogP contribution in [0.3, 0.4) is 0 Å². The Morgan fingerprint density at radius 2 is 1.88 bits per heavy atom. The van der Waals surface area contributed by atoms with Gasteiger partial charge in [0.25, 0.3) is 5.56 Å². The third-order valence-electron chi connectivity index (χ3n) is 7.10. The number of carboxylic acids is 1. The second-order valence-corrected chi connectivity index (χ2v) is 11.0. The van der Waals surface area contributed by atoms with Crippen LogP contribution < -0.4 is 15.0 Å². The van der Waals surface area contributed by atoms with Gasteiger partial charge in [0.15, 0.2) is 11.5 Å². The Morgan fingerprint density at radius 3 is 2.59 bits per heavy atom.